The summed E-state index contributed by atoms with van der Waals surface area (Å²) in [4.78, 5) is 22.9. The van der Waals surface area contributed by atoms with Crippen LogP contribution in [0.1, 0.15) is 52.4 Å². The van der Waals surface area contributed by atoms with Crippen LogP contribution in [0.15, 0.2) is 0 Å². The monoisotopic (exact) mass is 271 g/mol. The van der Waals surface area contributed by atoms with E-state index in [0.717, 1.165) is 25.7 Å². The second kappa shape index (κ2) is 6.37. The van der Waals surface area contributed by atoms with E-state index < -0.39 is 5.97 Å². The Balaban J connectivity index is 2.51. The van der Waals surface area contributed by atoms with E-state index in [0.29, 0.717) is 6.54 Å². The van der Waals surface area contributed by atoms with Gasteiger partial charge in [0.25, 0.3) is 0 Å². The Labute approximate surface area is 114 Å². The van der Waals surface area contributed by atoms with Crippen LogP contribution in [0.2, 0.25) is 0 Å². The van der Waals surface area contributed by atoms with Crippen LogP contribution in [0.4, 0.5) is 0 Å². The van der Waals surface area contributed by atoms with Gasteiger partial charge in [-0.05, 0) is 18.3 Å². The Morgan fingerprint density at radius 2 is 1.79 bits per heavy atom. The van der Waals surface area contributed by atoms with E-state index in [4.69, 9.17) is 10.2 Å². The predicted octanol–water partition coefficient (Wildman–Crippen LogP) is 1.55. The van der Waals surface area contributed by atoms with Gasteiger partial charge in [0.1, 0.15) is 0 Å². The molecule has 3 N–H and O–H groups in total. The highest BCUT2D eigenvalue weighted by Gasteiger charge is 2.38. The van der Waals surface area contributed by atoms with Crippen molar-refractivity contribution in [3.8, 4) is 0 Å². The number of hydrogen-bond acceptors (Lipinski definition) is 3. The van der Waals surface area contributed by atoms with Crippen LogP contribution in [0, 0.1) is 10.8 Å². The van der Waals surface area contributed by atoms with Gasteiger partial charge in [-0.1, -0.05) is 26.7 Å². The molecular weight excluding hydrogens is 246 g/mol. The summed E-state index contributed by atoms with van der Waals surface area (Å²) in [5.74, 6) is -0.935. The molecule has 5 nitrogen and oxygen atoms in total. The van der Waals surface area contributed by atoms with Crippen molar-refractivity contribution in [2.75, 3.05) is 13.2 Å². The zero-order valence-electron chi connectivity index (χ0n) is 11.9. The summed E-state index contributed by atoms with van der Waals surface area (Å²) >= 11 is 0. The molecule has 0 aliphatic heterocycles. The normalized spacial score (nSPS) is 18.3. The number of carboxylic acid groups (broad SMARTS) is 1. The number of carboxylic acids is 1. The van der Waals surface area contributed by atoms with Crippen molar-refractivity contribution in [2.24, 2.45) is 10.8 Å². The number of carbonyl (C=O) groups is 2. The summed E-state index contributed by atoms with van der Waals surface area (Å²) in [6.07, 6.45) is 3.99. The summed E-state index contributed by atoms with van der Waals surface area (Å²) in [5.41, 5.74) is -0.704. The van der Waals surface area contributed by atoms with Crippen molar-refractivity contribution in [1.82, 2.24) is 5.32 Å². The van der Waals surface area contributed by atoms with Crippen molar-refractivity contribution in [3.05, 3.63) is 0 Å². The Kier molecular flexibility index (Phi) is 5.35. The first kappa shape index (κ1) is 16.0. The number of aliphatic hydroxyl groups is 1. The van der Waals surface area contributed by atoms with Crippen molar-refractivity contribution < 1.29 is 19.8 Å². The van der Waals surface area contributed by atoms with Gasteiger partial charge in [-0.15, -0.1) is 0 Å². The molecule has 1 aliphatic rings. The highest BCUT2D eigenvalue weighted by atomic mass is 16.4. The second-order valence-electron chi connectivity index (χ2n) is 6.55. The highest BCUT2D eigenvalue weighted by molar-refractivity contribution is 5.78. The first-order valence-corrected chi connectivity index (χ1v) is 6.88. The van der Waals surface area contributed by atoms with Crippen LogP contribution in [-0.4, -0.2) is 35.2 Å². The summed E-state index contributed by atoms with van der Waals surface area (Å²) in [6.45, 7) is 4.16. The number of nitrogens with one attached hydrogen (secondary N) is 1. The Hall–Kier alpha value is -1.10. The molecule has 0 radical (unpaired) electrons. The predicted molar refractivity (Wildman–Crippen MR) is 71.6 cm³/mol. The van der Waals surface area contributed by atoms with Crippen molar-refractivity contribution >= 4 is 11.9 Å². The molecule has 0 atom stereocenters. The number of hydrogen-bond donors (Lipinski definition) is 3. The van der Waals surface area contributed by atoms with E-state index in [-0.39, 0.29) is 36.2 Å². The third kappa shape index (κ3) is 5.19. The fourth-order valence-corrected chi connectivity index (χ4v) is 2.66. The summed E-state index contributed by atoms with van der Waals surface area (Å²) in [5, 5.41) is 20.9. The van der Waals surface area contributed by atoms with Crippen molar-refractivity contribution in [1.29, 1.82) is 0 Å². The number of carbonyl (C=O) groups excluding carboxylic acids is 1. The Morgan fingerprint density at radius 3 is 2.26 bits per heavy atom. The lowest BCUT2D eigenvalue weighted by Crippen LogP contribution is -2.38. The van der Waals surface area contributed by atoms with Crippen LogP contribution >= 0.6 is 0 Å². The maximum absolute atomic E-state index is 12.0. The average Bonchev–Trinajstić information content (AvgIpc) is 2.74. The molecule has 1 amide bonds. The minimum absolute atomic E-state index is 0.00749. The van der Waals surface area contributed by atoms with Crippen LogP contribution in [0.25, 0.3) is 0 Å². The molecular formula is C14H25NO4. The SMILES string of the molecule is CC(C)(CO)CNC(=O)CC1(CC(=O)O)CCCC1. The smallest absolute Gasteiger partial charge is 0.303 e. The number of aliphatic hydroxyl groups excluding tert-OH is 1. The lowest BCUT2D eigenvalue weighted by atomic mass is 9.79. The highest BCUT2D eigenvalue weighted by Crippen LogP contribution is 2.44. The molecule has 1 rings (SSSR count). The first-order valence-electron chi connectivity index (χ1n) is 6.88. The molecule has 5 heteroatoms. The molecule has 0 aromatic carbocycles. The first-order chi connectivity index (χ1) is 8.79. The van der Waals surface area contributed by atoms with Crippen LogP contribution in [-0.2, 0) is 9.59 Å². The molecule has 0 aromatic rings. The van der Waals surface area contributed by atoms with Gasteiger partial charge >= 0.3 is 5.97 Å². The average molecular weight is 271 g/mol. The van der Waals surface area contributed by atoms with Gasteiger partial charge in [0.15, 0.2) is 0 Å². The molecule has 1 saturated carbocycles. The van der Waals surface area contributed by atoms with Crippen molar-refractivity contribution in [2.45, 2.75) is 52.4 Å². The number of aliphatic carboxylic acids is 1. The molecule has 0 heterocycles. The zero-order chi connectivity index (χ0) is 14.5. The fourth-order valence-electron chi connectivity index (χ4n) is 2.66. The molecule has 0 unspecified atom stereocenters. The van der Waals surface area contributed by atoms with Gasteiger partial charge in [-0.3, -0.25) is 9.59 Å². The van der Waals surface area contributed by atoms with E-state index in [1.807, 2.05) is 13.8 Å². The lowest BCUT2D eigenvalue weighted by Gasteiger charge is -2.28. The van der Waals surface area contributed by atoms with E-state index in [9.17, 15) is 9.59 Å². The van der Waals surface area contributed by atoms with Gasteiger partial charge in [-0.2, -0.15) is 0 Å². The van der Waals surface area contributed by atoms with Crippen LogP contribution in [0.5, 0.6) is 0 Å². The molecule has 0 aromatic heterocycles. The van der Waals surface area contributed by atoms with E-state index in [1.165, 1.54) is 0 Å². The summed E-state index contributed by atoms with van der Waals surface area (Å²) in [6, 6.07) is 0. The maximum atomic E-state index is 12.0. The largest absolute Gasteiger partial charge is 0.481 e. The van der Waals surface area contributed by atoms with E-state index in [1.54, 1.807) is 0 Å². The maximum Gasteiger partial charge on any atom is 0.303 e. The van der Waals surface area contributed by atoms with Gasteiger partial charge in [-0.25, -0.2) is 0 Å². The standard InChI is InChI=1S/C14H25NO4/c1-13(2,10-16)9-15-11(17)7-14(8-12(18)19)5-3-4-6-14/h16H,3-10H2,1-2H3,(H,15,17)(H,18,19). The second-order valence-corrected chi connectivity index (χ2v) is 6.55. The van der Waals surface area contributed by atoms with Gasteiger partial charge < -0.3 is 15.5 Å². The molecule has 19 heavy (non-hydrogen) atoms. The Morgan fingerprint density at radius 1 is 1.21 bits per heavy atom. The summed E-state index contributed by atoms with van der Waals surface area (Å²) < 4.78 is 0. The topological polar surface area (TPSA) is 86.6 Å². The van der Waals surface area contributed by atoms with Crippen LogP contribution < -0.4 is 5.32 Å². The van der Waals surface area contributed by atoms with Crippen molar-refractivity contribution in [3.63, 3.8) is 0 Å². The third-order valence-electron chi connectivity index (χ3n) is 3.92. The number of rotatable bonds is 7. The van der Waals surface area contributed by atoms with Crippen LogP contribution in [0.3, 0.4) is 0 Å². The number of amides is 1. The van der Waals surface area contributed by atoms with E-state index >= 15 is 0 Å². The zero-order valence-corrected chi connectivity index (χ0v) is 11.9. The van der Waals surface area contributed by atoms with Gasteiger partial charge in [0.2, 0.25) is 5.91 Å². The molecule has 0 bridgehead atoms. The summed E-state index contributed by atoms with van der Waals surface area (Å²) in [7, 11) is 0. The molecule has 1 fully saturated rings. The van der Waals surface area contributed by atoms with Gasteiger partial charge in [0, 0.05) is 25.0 Å². The molecule has 0 spiro atoms. The molecule has 0 saturated heterocycles. The molecule has 1 aliphatic carbocycles. The van der Waals surface area contributed by atoms with Gasteiger partial charge in [0.05, 0.1) is 6.42 Å². The minimum Gasteiger partial charge on any atom is -0.481 e. The molecule has 110 valence electrons. The quantitative estimate of drug-likeness (QED) is 0.655. The minimum atomic E-state index is -0.828. The Bertz CT molecular complexity index is 332. The van der Waals surface area contributed by atoms with E-state index in [2.05, 4.69) is 5.32 Å². The fraction of sp³-hybridized carbons (Fsp3) is 0.857. The third-order valence-corrected chi connectivity index (χ3v) is 3.92. The lowest BCUT2D eigenvalue weighted by molar-refractivity contribution is -0.140.